The zero-order chi connectivity index (χ0) is 14.3. The zero-order valence-corrected chi connectivity index (χ0v) is 10.4. The van der Waals surface area contributed by atoms with Crippen molar-refractivity contribution in [3.8, 4) is 5.69 Å². The SMILES string of the molecule is O=C(O)c1cc(C2CC2)n(-c2cccc([N+](=O)[O-])c2)n1. The number of rotatable bonds is 4. The van der Waals surface area contributed by atoms with Gasteiger partial charge in [0.05, 0.1) is 10.6 Å². The summed E-state index contributed by atoms with van der Waals surface area (Å²) < 4.78 is 1.49. The minimum Gasteiger partial charge on any atom is -0.476 e. The first-order valence-electron chi connectivity index (χ1n) is 6.14. The third kappa shape index (κ3) is 2.13. The van der Waals surface area contributed by atoms with Crippen LogP contribution in [-0.4, -0.2) is 25.8 Å². The number of hydrogen-bond donors (Lipinski definition) is 1. The van der Waals surface area contributed by atoms with Crippen LogP contribution in [0.15, 0.2) is 30.3 Å². The molecule has 1 fully saturated rings. The molecule has 0 saturated heterocycles. The lowest BCUT2D eigenvalue weighted by atomic mass is 10.2. The molecule has 1 aliphatic carbocycles. The van der Waals surface area contributed by atoms with Crippen molar-refractivity contribution in [2.24, 2.45) is 0 Å². The number of nitro groups is 1. The van der Waals surface area contributed by atoms with Crippen molar-refractivity contribution in [3.63, 3.8) is 0 Å². The van der Waals surface area contributed by atoms with E-state index in [1.165, 1.54) is 16.8 Å². The molecule has 2 aromatic rings. The van der Waals surface area contributed by atoms with Gasteiger partial charge in [0.25, 0.3) is 5.69 Å². The van der Waals surface area contributed by atoms with E-state index in [1.54, 1.807) is 18.2 Å². The average Bonchev–Trinajstić information content (AvgIpc) is 3.17. The number of benzene rings is 1. The fraction of sp³-hybridized carbons (Fsp3) is 0.231. The zero-order valence-electron chi connectivity index (χ0n) is 10.4. The standard InChI is InChI=1S/C13H11N3O4/c17-13(18)11-7-12(8-4-5-8)15(14-11)9-2-1-3-10(6-9)16(19)20/h1-3,6-8H,4-5H2,(H,17,18). The molecule has 0 bridgehead atoms. The van der Waals surface area contributed by atoms with Crippen LogP contribution in [0, 0.1) is 10.1 Å². The second kappa shape index (κ2) is 4.44. The van der Waals surface area contributed by atoms with E-state index in [9.17, 15) is 14.9 Å². The minimum absolute atomic E-state index is 0.0431. The number of aromatic carboxylic acids is 1. The lowest BCUT2D eigenvalue weighted by molar-refractivity contribution is -0.384. The van der Waals surface area contributed by atoms with Crippen LogP contribution in [0.2, 0.25) is 0 Å². The van der Waals surface area contributed by atoms with Gasteiger partial charge < -0.3 is 5.11 Å². The fourth-order valence-corrected chi connectivity index (χ4v) is 2.12. The van der Waals surface area contributed by atoms with Gasteiger partial charge in [-0.3, -0.25) is 10.1 Å². The number of nitrogens with zero attached hydrogens (tertiary/aromatic N) is 3. The van der Waals surface area contributed by atoms with Gasteiger partial charge in [0.15, 0.2) is 5.69 Å². The summed E-state index contributed by atoms with van der Waals surface area (Å²) in [5.74, 6) is -0.814. The molecule has 3 rings (SSSR count). The third-order valence-corrected chi connectivity index (χ3v) is 3.24. The summed E-state index contributed by atoms with van der Waals surface area (Å²) in [6.07, 6.45) is 1.97. The first-order chi connectivity index (χ1) is 9.56. The second-order valence-corrected chi connectivity index (χ2v) is 4.72. The molecule has 0 spiro atoms. The van der Waals surface area contributed by atoms with Gasteiger partial charge in [0.2, 0.25) is 0 Å². The Labute approximate surface area is 113 Å². The van der Waals surface area contributed by atoms with Gasteiger partial charge in [-0.05, 0) is 25.0 Å². The minimum atomic E-state index is -1.10. The van der Waals surface area contributed by atoms with E-state index in [1.807, 2.05) is 0 Å². The second-order valence-electron chi connectivity index (χ2n) is 4.72. The summed E-state index contributed by atoms with van der Waals surface area (Å²) in [4.78, 5) is 21.4. The van der Waals surface area contributed by atoms with E-state index in [0.717, 1.165) is 18.5 Å². The molecule has 0 unspecified atom stereocenters. The number of non-ortho nitro benzene ring substituents is 1. The Morgan fingerprint density at radius 2 is 2.15 bits per heavy atom. The molecule has 20 heavy (non-hydrogen) atoms. The Bertz CT molecular complexity index is 703. The predicted molar refractivity (Wildman–Crippen MR) is 69.2 cm³/mol. The summed E-state index contributed by atoms with van der Waals surface area (Å²) in [6.45, 7) is 0. The highest BCUT2D eigenvalue weighted by Gasteiger charge is 2.30. The molecule has 0 amide bonds. The molecular weight excluding hydrogens is 262 g/mol. The van der Waals surface area contributed by atoms with Crippen molar-refractivity contribution in [3.05, 3.63) is 51.8 Å². The number of hydrogen-bond acceptors (Lipinski definition) is 4. The molecule has 1 heterocycles. The van der Waals surface area contributed by atoms with E-state index in [4.69, 9.17) is 5.11 Å². The quantitative estimate of drug-likeness (QED) is 0.681. The Morgan fingerprint density at radius 3 is 2.75 bits per heavy atom. The van der Waals surface area contributed by atoms with Gasteiger partial charge in [0, 0.05) is 23.7 Å². The highest BCUT2D eigenvalue weighted by molar-refractivity contribution is 5.85. The number of nitro benzene ring substituents is 1. The van der Waals surface area contributed by atoms with Gasteiger partial charge >= 0.3 is 5.97 Å². The van der Waals surface area contributed by atoms with Crippen LogP contribution < -0.4 is 0 Å². The van der Waals surface area contributed by atoms with Crippen LogP contribution in [0.25, 0.3) is 5.69 Å². The molecular formula is C13H11N3O4. The summed E-state index contributed by atoms with van der Waals surface area (Å²) in [7, 11) is 0. The molecule has 1 saturated carbocycles. The molecule has 102 valence electrons. The van der Waals surface area contributed by atoms with Crippen molar-refractivity contribution < 1.29 is 14.8 Å². The fourth-order valence-electron chi connectivity index (χ4n) is 2.12. The molecule has 0 aliphatic heterocycles. The molecule has 1 N–H and O–H groups in total. The van der Waals surface area contributed by atoms with Crippen LogP contribution in [0.4, 0.5) is 5.69 Å². The van der Waals surface area contributed by atoms with Crippen molar-refractivity contribution in [2.75, 3.05) is 0 Å². The third-order valence-electron chi connectivity index (χ3n) is 3.24. The first kappa shape index (κ1) is 12.3. The normalized spacial score (nSPS) is 14.2. The number of aromatic nitrogens is 2. The summed E-state index contributed by atoms with van der Waals surface area (Å²) in [6, 6.07) is 7.56. The van der Waals surface area contributed by atoms with Crippen LogP contribution in [0.1, 0.15) is 34.9 Å². The monoisotopic (exact) mass is 273 g/mol. The molecule has 1 aliphatic rings. The molecule has 1 aromatic heterocycles. The summed E-state index contributed by atoms with van der Waals surface area (Å²) in [5.41, 5.74) is 1.21. The highest BCUT2D eigenvalue weighted by atomic mass is 16.6. The van der Waals surface area contributed by atoms with Crippen molar-refractivity contribution in [1.82, 2.24) is 9.78 Å². The van der Waals surface area contributed by atoms with Crippen molar-refractivity contribution in [1.29, 1.82) is 0 Å². The van der Waals surface area contributed by atoms with Gasteiger partial charge in [-0.1, -0.05) is 6.07 Å². The summed E-state index contributed by atoms with van der Waals surface area (Å²) in [5, 5.41) is 23.9. The molecule has 1 aromatic carbocycles. The topological polar surface area (TPSA) is 98.3 Å². The lowest BCUT2D eigenvalue weighted by Crippen LogP contribution is -2.03. The van der Waals surface area contributed by atoms with Crippen LogP contribution in [0.3, 0.4) is 0 Å². The maximum atomic E-state index is 11.0. The van der Waals surface area contributed by atoms with E-state index >= 15 is 0 Å². The Kier molecular flexibility index (Phi) is 2.74. The number of carbonyl (C=O) groups is 1. The number of carboxylic acids is 1. The van der Waals surface area contributed by atoms with Gasteiger partial charge in [-0.25, -0.2) is 9.48 Å². The van der Waals surface area contributed by atoms with Crippen LogP contribution in [0.5, 0.6) is 0 Å². The smallest absolute Gasteiger partial charge is 0.356 e. The predicted octanol–water partition coefficient (Wildman–Crippen LogP) is 2.36. The maximum Gasteiger partial charge on any atom is 0.356 e. The van der Waals surface area contributed by atoms with Gasteiger partial charge in [-0.2, -0.15) is 5.10 Å². The largest absolute Gasteiger partial charge is 0.476 e. The Balaban J connectivity index is 2.10. The lowest BCUT2D eigenvalue weighted by Gasteiger charge is -2.05. The Morgan fingerprint density at radius 1 is 1.40 bits per heavy atom. The average molecular weight is 273 g/mol. The van der Waals surface area contributed by atoms with E-state index in [0.29, 0.717) is 5.69 Å². The van der Waals surface area contributed by atoms with Gasteiger partial charge in [-0.15, -0.1) is 0 Å². The highest BCUT2D eigenvalue weighted by Crippen LogP contribution is 2.41. The summed E-state index contributed by atoms with van der Waals surface area (Å²) >= 11 is 0. The molecule has 0 radical (unpaired) electrons. The van der Waals surface area contributed by atoms with Crippen LogP contribution >= 0.6 is 0 Å². The van der Waals surface area contributed by atoms with E-state index in [2.05, 4.69) is 5.10 Å². The van der Waals surface area contributed by atoms with E-state index < -0.39 is 10.9 Å². The van der Waals surface area contributed by atoms with Gasteiger partial charge in [0.1, 0.15) is 0 Å². The molecule has 7 nitrogen and oxygen atoms in total. The van der Waals surface area contributed by atoms with Crippen molar-refractivity contribution >= 4 is 11.7 Å². The van der Waals surface area contributed by atoms with Crippen molar-refractivity contribution in [2.45, 2.75) is 18.8 Å². The van der Waals surface area contributed by atoms with E-state index in [-0.39, 0.29) is 17.3 Å². The Hall–Kier alpha value is -2.70. The number of carboxylic acid groups (broad SMARTS) is 1. The first-order valence-corrected chi connectivity index (χ1v) is 6.14. The van der Waals surface area contributed by atoms with Crippen LogP contribution in [-0.2, 0) is 0 Å². The maximum absolute atomic E-state index is 11.0. The molecule has 0 atom stereocenters. The molecule has 7 heteroatoms.